The highest BCUT2D eigenvalue weighted by atomic mass is 32.2. The molecule has 0 spiro atoms. The molecule has 0 bridgehead atoms. The largest absolute Gasteiger partial charge is 0.497 e. The van der Waals surface area contributed by atoms with Gasteiger partial charge >= 0.3 is 0 Å². The molecule has 30 heavy (non-hydrogen) atoms. The summed E-state index contributed by atoms with van der Waals surface area (Å²) < 4.78 is 32.7. The molecule has 0 aliphatic carbocycles. The normalized spacial score (nSPS) is 11.2. The summed E-state index contributed by atoms with van der Waals surface area (Å²) in [5.41, 5.74) is 3.33. The van der Waals surface area contributed by atoms with E-state index in [0.29, 0.717) is 11.4 Å². The van der Waals surface area contributed by atoms with Gasteiger partial charge < -0.3 is 4.74 Å². The number of hydrogen-bond acceptors (Lipinski definition) is 7. The Kier molecular flexibility index (Phi) is 6.28. The van der Waals surface area contributed by atoms with Crippen LogP contribution in [0.25, 0.3) is 0 Å². The molecule has 0 fully saturated rings. The van der Waals surface area contributed by atoms with Gasteiger partial charge in [0.05, 0.1) is 23.1 Å². The first-order chi connectivity index (χ1) is 14.4. The van der Waals surface area contributed by atoms with E-state index in [1.54, 1.807) is 12.1 Å². The first-order valence-corrected chi connectivity index (χ1v) is 10.2. The van der Waals surface area contributed by atoms with Gasteiger partial charge in [-0.15, -0.1) is 0 Å². The predicted octanol–water partition coefficient (Wildman–Crippen LogP) is 3.85. The number of anilines is 2. The number of rotatable bonds is 8. The monoisotopic (exact) mass is 426 g/mol. The van der Waals surface area contributed by atoms with Crippen LogP contribution in [0.15, 0.2) is 82.8 Å². The summed E-state index contributed by atoms with van der Waals surface area (Å²) in [5, 5.41) is 15.4. The molecule has 0 aromatic heterocycles. The van der Waals surface area contributed by atoms with Crippen molar-refractivity contribution >= 4 is 33.3 Å². The topological polar surface area (TPSA) is 123 Å². The summed E-state index contributed by atoms with van der Waals surface area (Å²) in [6.45, 7) is 0. The van der Waals surface area contributed by atoms with Crippen LogP contribution in [-0.2, 0) is 10.0 Å². The molecular weight excluding hydrogens is 408 g/mol. The number of sulfonamides is 1. The van der Waals surface area contributed by atoms with E-state index in [1.165, 1.54) is 37.6 Å². The molecule has 0 unspecified atom stereocenters. The van der Waals surface area contributed by atoms with Crippen LogP contribution < -0.4 is 14.9 Å². The lowest BCUT2D eigenvalue weighted by Gasteiger charge is -2.10. The minimum Gasteiger partial charge on any atom is -0.497 e. The van der Waals surface area contributed by atoms with E-state index < -0.39 is 20.6 Å². The van der Waals surface area contributed by atoms with Gasteiger partial charge in [0.2, 0.25) is 0 Å². The number of hydrazone groups is 1. The maximum atomic E-state index is 12.6. The minimum absolute atomic E-state index is 0.0654. The highest BCUT2D eigenvalue weighted by Crippen LogP contribution is 2.29. The third-order valence-electron chi connectivity index (χ3n) is 4.02. The van der Waals surface area contributed by atoms with Crippen molar-refractivity contribution < 1.29 is 18.1 Å². The molecule has 0 aliphatic rings. The van der Waals surface area contributed by atoms with E-state index in [-0.39, 0.29) is 10.6 Å². The second-order valence-corrected chi connectivity index (χ2v) is 7.73. The van der Waals surface area contributed by atoms with Crippen molar-refractivity contribution in [3.8, 4) is 5.75 Å². The van der Waals surface area contributed by atoms with Gasteiger partial charge in [0.15, 0.2) is 0 Å². The van der Waals surface area contributed by atoms with Crippen LogP contribution in [0.1, 0.15) is 5.56 Å². The summed E-state index contributed by atoms with van der Waals surface area (Å²) in [4.78, 5) is 10.5. The Morgan fingerprint density at radius 1 is 1.03 bits per heavy atom. The van der Waals surface area contributed by atoms with Crippen molar-refractivity contribution in [1.82, 2.24) is 0 Å². The van der Waals surface area contributed by atoms with Gasteiger partial charge in [-0.2, -0.15) is 5.10 Å². The van der Waals surface area contributed by atoms with Crippen LogP contribution in [0, 0.1) is 10.1 Å². The number of methoxy groups -OCH3 is 1. The number of nitro benzene ring substituents is 1. The lowest BCUT2D eigenvalue weighted by Crippen LogP contribution is -2.13. The van der Waals surface area contributed by atoms with E-state index in [9.17, 15) is 18.5 Å². The lowest BCUT2D eigenvalue weighted by molar-refractivity contribution is -0.384. The number of ether oxygens (including phenoxy) is 1. The zero-order valence-corrected chi connectivity index (χ0v) is 16.7. The number of nitro groups is 1. The number of nitrogens with zero attached hydrogens (tertiary/aromatic N) is 2. The molecule has 2 N–H and O–H groups in total. The number of hydrogen-bond donors (Lipinski definition) is 2. The zero-order chi connectivity index (χ0) is 21.6. The Balaban J connectivity index is 1.82. The molecule has 9 nitrogen and oxygen atoms in total. The SMILES string of the molecule is COc1ccc(NS(=O)(=O)c2ccc(N/N=C/c3ccccc3)c([N+](=O)[O-])c2)cc1. The molecule has 0 amide bonds. The molecule has 3 rings (SSSR count). The third kappa shape index (κ3) is 5.11. The van der Waals surface area contributed by atoms with Gasteiger partial charge in [-0.05, 0) is 42.0 Å². The highest BCUT2D eigenvalue weighted by Gasteiger charge is 2.21. The second-order valence-electron chi connectivity index (χ2n) is 6.05. The Hall–Kier alpha value is -3.92. The van der Waals surface area contributed by atoms with E-state index in [2.05, 4.69) is 15.2 Å². The predicted molar refractivity (Wildman–Crippen MR) is 115 cm³/mol. The molecule has 0 aliphatic heterocycles. The van der Waals surface area contributed by atoms with Crippen molar-refractivity contribution in [3.63, 3.8) is 0 Å². The Morgan fingerprint density at radius 3 is 2.37 bits per heavy atom. The van der Waals surface area contributed by atoms with Gasteiger partial charge in [0, 0.05) is 11.8 Å². The van der Waals surface area contributed by atoms with Crippen molar-refractivity contribution in [1.29, 1.82) is 0 Å². The van der Waals surface area contributed by atoms with Crippen molar-refractivity contribution in [3.05, 3.63) is 88.5 Å². The molecule has 0 atom stereocenters. The summed E-state index contributed by atoms with van der Waals surface area (Å²) in [5.74, 6) is 0.570. The molecule has 0 radical (unpaired) electrons. The van der Waals surface area contributed by atoms with Crippen LogP contribution in [0.5, 0.6) is 5.75 Å². The summed E-state index contributed by atoms with van der Waals surface area (Å²) in [6, 6.07) is 18.9. The first kappa shape index (κ1) is 20.8. The van der Waals surface area contributed by atoms with E-state index in [0.717, 1.165) is 11.6 Å². The summed E-state index contributed by atoms with van der Waals surface area (Å²) in [6.07, 6.45) is 1.50. The summed E-state index contributed by atoms with van der Waals surface area (Å²) >= 11 is 0. The Morgan fingerprint density at radius 2 is 1.73 bits per heavy atom. The van der Waals surface area contributed by atoms with E-state index in [4.69, 9.17) is 4.74 Å². The lowest BCUT2D eigenvalue weighted by atomic mass is 10.2. The van der Waals surface area contributed by atoms with Gasteiger partial charge in [-0.3, -0.25) is 20.3 Å². The Bertz CT molecular complexity index is 1160. The average molecular weight is 426 g/mol. The fourth-order valence-electron chi connectivity index (χ4n) is 2.51. The number of nitrogens with one attached hydrogen (secondary N) is 2. The fourth-order valence-corrected chi connectivity index (χ4v) is 3.59. The standard InChI is InChI=1S/C20H18N4O5S/c1-29-17-9-7-16(8-10-17)23-30(27,28)18-11-12-19(20(13-18)24(25)26)22-21-14-15-5-3-2-4-6-15/h2-14,22-23H,1H3/b21-14+. The van der Waals surface area contributed by atoms with Crippen LogP contribution in [-0.4, -0.2) is 26.7 Å². The minimum atomic E-state index is -4.03. The van der Waals surface area contributed by atoms with Gasteiger partial charge in [0.1, 0.15) is 11.4 Å². The molecule has 10 heteroatoms. The first-order valence-electron chi connectivity index (χ1n) is 8.68. The van der Waals surface area contributed by atoms with E-state index in [1.807, 2.05) is 30.3 Å². The zero-order valence-electron chi connectivity index (χ0n) is 15.8. The Labute approximate surface area is 173 Å². The van der Waals surface area contributed by atoms with Gasteiger partial charge in [-0.25, -0.2) is 8.42 Å². The molecule has 154 valence electrons. The maximum absolute atomic E-state index is 12.6. The smallest absolute Gasteiger partial charge is 0.295 e. The molecule has 3 aromatic rings. The van der Waals surface area contributed by atoms with E-state index >= 15 is 0 Å². The molecule has 0 saturated carbocycles. The fraction of sp³-hybridized carbons (Fsp3) is 0.0500. The second kappa shape index (κ2) is 9.05. The van der Waals surface area contributed by atoms with Gasteiger partial charge in [-0.1, -0.05) is 30.3 Å². The summed E-state index contributed by atoms with van der Waals surface area (Å²) in [7, 11) is -2.53. The molecule has 3 aromatic carbocycles. The maximum Gasteiger partial charge on any atom is 0.295 e. The highest BCUT2D eigenvalue weighted by molar-refractivity contribution is 7.92. The van der Waals surface area contributed by atoms with Crippen LogP contribution in [0.2, 0.25) is 0 Å². The quantitative estimate of drug-likeness (QED) is 0.320. The average Bonchev–Trinajstić information content (AvgIpc) is 2.74. The third-order valence-corrected chi connectivity index (χ3v) is 5.40. The van der Waals surface area contributed by atoms with Crippen LogP contribution in [0.3, 0.4) is 0 Å². The van der Waals surface area contributed by atoms with Crippen LogP contribution in [0.4, 0.5) is 17.1 Å². The molecule has 0 heterocycles. The van der Waals surface area contributed by atoms with Crippen LogP contribution >= 0.6 is 0 Å². The van der Waals surface area contributed by atoms with Gasteiger partial charge in [0.25, 0.3) is 15.7 Å². The van der Waals surface area contributed by atoms with Crippen molar-refractivity contribution in [2.75, 3.05) is 17.3 Å². The van der Waals surface area contributed by atoms with Crippen molar-refractivity contribution in [2.24, 2.45) is 5.10 Å². The van der Waals surface area contributed by atoms with Crippen molar-refractivity contribution in [2.45, 2.75) is 4.90 Å². The molecule has 0 saturated heterocycles. The number of benzene rings is 3. The molecular formula is C20H18N4O5S.